The molecule has 0 amide bonds. The molecule has 0 saturated heterocycles. The highest BCUT2D eigenvalue weighted by Crippen LogP contribution is 1.86. The molecule has 3 N–H and O–H groups in total. The molecule has 0 rings (SSSR count). The average molecular weight is 234 g/mol. The largest absolute Gasteiger partial charge is 0.481 e. The van der Waals surface area contributed by atoms with Gasteiger partial charge in [-0.1, -0.05) is 6.58 Å². The summed E-state index contributed by atoms with van der Waals surface area (Å²) in [6, 6.07) is 0. The van der Waals surface area contributed by atoms with Crippen LogP contribution in [-0.2, 0) is 19.1 Å². The Balaban J connectivity index is 0. The Morgan fingerprint density at radius 2 is 1.56 bits per heavy atom. The van der Waals surface area contributed by atoms with E-state index in [-0.39, 0.29) is 26.1 Å². The maximum absolute atomic E-state index is 10.1. The van der Waals surface area contributed by atoms with Gasteiger partial charge in [-0.05, 0) is 0 Å². The molecular weight excluding hydrogens is 220 g/mol. The Morgan fingerprint density at radius 3 is 1.81 bits per heavy atom. The van der Waals surface area contributed by atoms with Crippen LogP contribution < -0.4 is 0 Å². The van der Waals surface area contributed by atoms with Crippen molar-refractivity contribution < 1.29 is 34.4 Å². The Kier molecular flexibility index (Phi) is 11.6. The second kappa shape index (κ2) is 11.2. The number of aliphatic carboxylic acids is 2. The SMILES string of the molecule is C=CC(=O)OCCO.O=C(O)CCC(=O)O. The van der Waals surface area contributed by atoms with E-state index in [4.69, 9.17) is 15.3 Å². The molecular formula is C9H14O7. The first kappa shape index (κ1) is 16.5. The van der Waals surface area contributed by atoms with E-state index < -0.39 is 17.9 Å². The van der Waals surface area contributed by atoms with Crippen LogP contribution in [0.15, 0.2) is 12.7 Å². The molecule has 0 spiro atoms. The highest BCUT2D eigenvalue weighted by molar-refractivity contribution is 5.81. The van der Waals surface area contributed by atoms with Crippen LogP contribution in [0.4, 0.5) is 0 Å². The summed E-state index contributed by atoms with van der Waals surface area (Å²) >= 11 is 0. The topological polar surface area (TPSA) is 121 Å². The van der Waals surface area contributed by atoms with Gasteiger partial charge in [0.25, 0.3) is 0 Å². The normalized spacial score (nSPS) is 8.31. The van der Waals surface area contributed by atoms with Crippen molar-refractivity contribution in [3.63, 3.8) is 0 Å². The van der Waals surface area contributed by atoms with Gasteiger partial charge in [0.15, 0.2) is 0 Å². The summed E-state index contributed by atoms with van der Waals surface area (Å²) in [5, 5.41) is 23.9. The van der Waals surface area contributed by atoms with Crippen molar-refractivity contribution in [2.24, 2.45) is 0 Å². The van der Waals surface area contributed by atoms with Crippen LogP contribution in [0, 0.1) is 0 Å². The molecule has 0 bridgehead atoms. The molecule has 0 aliphatic heterocycles. The molecule has 92 valence electrons. The quantitative estimate of drug-likeness (QED) is 0.424. The number of rotatable bonds is 6. The van der Waals surface area contributed by atoms with E-state index in [1.807, 2.05) is 0 Å². The molecule has 0 aromatic rings. The minimum Gasteiger partial charge on any atom is -0.481 e. The van der Waals surface area contributed by atoms with Gasteiger partial charge in [-0.15, -0.1) is 0 Å². The lowest BCUT2D eigenvalue weighted by Gasteiger charge is -1.94. The summed E-state index contributed by atoms with van der Waals surface area (Å²) in [5.74, 6) is -2.65. The summed E-state index contributed by atoms with van der Waals surface area (Å²) in [5.41, 5.74) is 0. The van der Waals surface area contributed by atoms with E-state index in [1.54, 1.807) is 0 Å². The maximum Gasteiger partial charge on any atom is 0.330 e. The molecule has 0 saturated carbocycles. The number of ether oxygens (including phenoxy) is 1. The summed E-state index contributed by atoms with van der Waals surface area (Å²) in [4.78, 5) is 29.4. The molecule has 0 aliphatic carbocycles. The Hall–Kier alpha value is -1.89. The van der Waals surface area contributed by atoms with Gasteiger partial charge in [0.2, 0.25) is 0 Å². The van der Waals surface area contributed by atoms with E-state index in [1.165, 1.54) is 0 Å². The van der Waals surface area contributed by atoms with Gasteiger partial charge in [-0.3, -0.25) is 9.59 Å². The van der Waals surface area contributed by atoms with Gasteiger partial charge in [-0.2, -0.15) is 0 Å². The summed E-state index contributed by atoms with van der Waals surface area (Å²) in [7, 11) is 0. The van der Waals surface area contributed by atoms with E-state index in [9.17, 15) is 14.4 Å². The number of hydrogen-bond donors (Lipinski definition) is 3. The zero-order valence-corrected chi connectivity index (χ0v) is 8.59. The number of carboxylic acids is 2. The highest BCUT2D eigenvalue weighted by Gasteiger charge is 2.00. The van der Waals surface area contributed by atoms with Crippen LogP contribution in [0.2, 0.25) is 0 Å². The fourth-order valence-electron chi connectivity index (χ4n) is 0.419. The van der Waals surface area contributed by atoms with E-state index in [0.29, 0.717) is 0 Å². The molecule has 0 heterocycles. The fraction of sp³-hybridized carbons (Fsp3) is 0.444. The Bertz CT molecular complexity index is 232. The predicted octanol–water partition coefficient (Wildman–Crippen LogP) is -0.356. The van der Waals surface area contributed by atoms with Crippen LogP contribution in [0.3, 0.4) is 0 Å². The lowest BCUT2D eigenvalue weighted by Crippen LogP contribution is -2.04. The molecule has 0 aromatic carbocycles. The fourth-order valence-corrected chi connectivity index (χ4v) is 0.419. The molecule has 0 atom stereocenters. The van der Waals surface area contributed by atoms with Crippen molar-refractivity contribution >= 4 is 17.9 Å². The van der Waals surface area contributed by atoms with Crippen LogP contribution >= 0.6 is 0 Å². The van der Waals surface area contributed by atoms with Crippen LogP contribution in [-0.4, -0.2) is 46.4 Å². The van der Waals surface area contributed by atoms with Crippen molar-refractivity contribution in [1.82, 2.24) is 0 Å². The van der Waals surface area contributed by atoms with Crippen molar-refractivity contribution in [2.45, 2.75) is 12.8 Å². The monoisotopic (exact) mass is 234 g/mol. The van der Waals surface area contributed by atoms with Crippen molar-refractivity contribution in [3.8, 4) is 0 Å². The summed E-state index contributed by atoms with van der Waals surface area (Å²) < 4.78 is 4.33. The molecule has 0 radical (unpaired) electrons. The number of carbonyl (C=O) groups is 3. The maximum atomic E-state index is 10.1. The number of carboxylic acid groups (broad SMARTS) is 2. The first-order valence-corrected chi connectivity index (χ1v) is 4.27. The van der Waals surface area contributed by atoms with E-state index in [0.717, 1.165) is 6.08 Å². The standard InChI is InChI=1S/C5H8O3.C4H6O4/c1-2-5(7)8-4-3-6;5-3(6)1-2-4(7)8/h2,6H,1,3-4H2;1-2H2,(H,5,6)(H,7,8). The lowest BCUT2D eigenvalue weighted by molar-refractivity contribution is -0.143. The van der Waals surface area contributed by atoms with Gasteiger partial charge in [-0.25, -0.2) is 4.79 Å². The second-order valence-electron chi connectivity index (χ2n) is 2.38. The summed E-state index contributed by atoms with van der Waals surface area (Å²) in [6.07, 6.45) is 0.459. The predicted molar refractivity (Wildman–Crippen MR) is 52.7 cm³/mol. The second-order valence-corrected chi connectivity index (χ2v) is 2.38. The zero-order chi connectivity index (χ0) is 13.0. The average Bonchev–Trinajstić information content (AvgIpc) is 2.23. The van der Waals surface area contributed by atoms with Gasteiger partial charge < -0.3 is 20.1 Å². The highest BCUT2D eigenvalue weighted by atomic mass is 16.5. The zero-order valence-electron chi connectivity index (χ0n) is 8.59. The number of aliphatic hydroxyl groups is 1. The number of carbonyl (C=O) groups excluding carboxylic acids is 1. The molecule has 0 fully saturated rings. The van der Waals surface area contributed by atoms with Gasteiger partial charge in [0.05, 0.1) is 19.4 Å². The third-order valence-electron chi connectivity index (χ3n) is 1.06. The smallest absolute Gasteiger partial charge is 0.330 e. The first-order chi connectivity index (χ1) is 7.43. The molecule has 16 heavy (non-hydrogen) atoms. The lowest BCUT2D eigenvalue weighted by atomic mass is 10.3. The Labute approximate surface area is 92.0 Å². The molecule has 7 heteroatoms. The molecule has 0 aromatic heterocycles. The van der Waals surface area contributed by atoms with E-state index >= 15 is 0 Å². The number of aliphatic hydroxyl groups excluding tert-OH is 1. The van der Waals surface area contributed by atoms with Crippen LogP contribution in [0.1, 0.15) is 12.8 Å². The minimum absolute atomic E-state index is 0.0465. The molecule has 0 aliphatic rings. The molecule has 7 nitrogen and oxygen atoms in total. The van der Waals surface area contributed by atoms with Crippen molar-refractivity contribution in [3.05, 3.63) is 12.7 Å². The summed E-state index contributed by atoms with van der Waals surface area (Å²) in [6.45, 7) is 3.06. The third kappa shape index (κ3) is 18.0. The molecule has 0 unspecified atom stereocenters. The van der Waals surface area contributed by atoms with Crippen LogP contribution in [0.25, 0.3) is 0 Å². The van der Waals surface area contributed by atoms with Gasteiger partial charge in [0, 0.05) is 6.08 Å². The Morgan fingerprint density at radius 1 is 1.12 bits per heavy atom. The van der Waals surface area contributed by atoms with Gasteiger partial charge >= 0.3 is 17.9 Å². The number of hydrogen-bond acceptors (Lipinski definition) is 5. The van der Waals surface area contributed by atoms with Crippen molar-refractivity contribution in [1.29, 1.82) is 0 Å². The van der Waals surface area contributed by atoms with E-state index in [2.05, 4.69) is 11.3 Å². The minimum atomic E-state index is -1.08. The first-order valence-electron chi connectivity index (χ1n) is 4.27. The van der Waals surface area contributed by atoms with Crippen molar-refractivity contribution in [2.75, 3.05) is 13.2 Å². The van der Waals surface area contributed by atoms with Crippen LogP contribution in [0.5, 0.6) is 0 Å². The van der Waals surface area contributed by atoms with Gasteiger partial charge in [0.1, 0.15) is 6.61 Å². The number of esters is 1. The third-order valence-corrected chi connectivity index (χ3v) is 1.06.